The zero-order chi connectivity index (χ0) is 11.9. The van der Waals surface area contributed by atoms with Crippen LogP contribution in [0.3, 0.4) is 0 Å². The summed E-state index contributed by atoms with van der Waals surface area (Å²) in [4.78, 5) is 15.8. The zero-order valence-corrected chi connectivity index (χ0v) is 11.7. The number of hydrogen-bond donors (Lipinski definition) is 1. The van der Waals surface area contributed by atoms with Gasteiger partial charge in [0.25, 0.3) is 5.91 Å². The van der Waals surface area contributed by atoms with Gasteiger partial charge in [0.15, 0.2) is 0 Å². The van der Waals surface area contributed by atoms with Gasteiger partial charge >= 0.3 is 0 Å². The van der Waals surface area contributed by atoms with E-state index in [9.17, 15) is 4.79 Å². The summed E-state index contributed by atoms with van der Waals surface area (Å²) < 4.78 is 0.548. The maximum Gasteiger partial charge on any atom is 0.266 e. The summed E-state index contributed by atoms with van der Waals surface area (Å²) >= 11 is 8.01. The third-order valence-corrected chi connectivity index (χ3v) is 5.11. The number of nitrogens with one attached hydrogen (secondary N) is 1. The van der Waals surface area contributed by atoms with Crippen molar-refractivity contribution in [1.82, 2.24) is 10.2 Å². The standard InChI is InChI=1S/C10H12N2OS3/c1-4-12-5(2)6(3)15-9(12)7-8(13)11-10(14)16-7/h4H2,1-3H3,(H,11,13,14)/b9-7-. The molecule has 2 aliphatic heterocycles. The number of carbonyl (C=O) groups is 1. The van der Waals surface area contributed by atoms with E-state index in [1.807, 2.05) is 0 Å². The number of rotatable bonds is 1. The van der Waals surface area contributed by atoms with Gasteiger partial charge in [-0.2, -0.15) is 0 Å². The highest BCUT2D eigenvalue weighted by Gasteiger charge is 2.32. The SMILES string of the molecule is CCN1C(C)=C(C)S/C1=C1\SC(=S)NC1=O. The van der Waals surface area contributed by atoms with Crippen LogP contribution in [0.5, 0.6) is 0 Å². The van der Waals surface area contributed by atoms with Gasteiger partial charge in [0.2, 0.25) is 0 Å². The van der Waals surface area contributed by atoms with Gasteiger partial charge < -0.3 is 10.2 Å². The summed E-state index contributed by atoms with van der Waals surface area (Å²) in [5, 5.41) is 3.67. The fourth-order valence-electron chi connectivity index (χ4n) is 1.62. The number of allylic oxidation sites excluding steroid dienone is 2. The van der Waals surface area contributed by atoms with Gasteiger partial charge in [-0.05, 0) is 20.8 Å². The fraction of sp³-hybridized carbons (Fsp3) is 0.400. The Hall–Kier alpha value is -0.460. The molecule has 1 amide bonds. The topological polar surface area (TPSA) is 32.3 Å². The number of amides is 1. The largest absolute Gasteiger partial charge is 0.338 e. The Balaban J connectivity index is 2.40. The van der Waals surface area contributed by atoms with Crippen LogP contribution in [0.25, 0.3) is 0 Å². The van der Waals surface area contributed by atoms with E-state index in [-0.39, 0.29) is 5.91 Å². The monoisotopic (exact) mass is 272 g/mol. The van der Waals surface area contributed by atoms with Crippen LogP contribution in [0, 0.1) is 0 Å². The lowest BCUT2D eigenvalue weighted by Crippen LogP contribution is -2.21. The van der Waals surface area contributed by atoms with Crippen molar-refractivity contribution in [2.45, 2.75) is 20.8 Å². The molecule has 0 saturated carbocycles. The summed E-state index contributed by atoms with van der Waals surface area (Å²) in [6.45, 7) is 7.11. The third-order valence-electron chi connectivity index (χ3n) is 2.54. The minimum absolute atomic E-state index is 0.0709. The van der Waals surface area contributed by atoms with Crippen molar-refractivity contribution in [3.05, 3.63) is 20.5 Å². The first-order valence-electron chi connectivity index (χ1n) is 4.95. The molecule has 0 aromatic heterocycles. The van der Waals surface area contributed by atoms with Gasteiger partial charge in [-0.1, -0.05) is 35.7 Å². The smallest absolute Gasteiger partial charge is 0.266 e. The highest BCUT2D eigenvalue weighted by atomic mass is 32.2. The van der Waals surface area contributed by atoms with Gasteiger partial charge in [-0.15, -0.1) is 0 Å². The normalized spacial score (nSPS) is 25.8. The minimum atomic E-state index is -0.0709. The molecule has 2 rings (SSSR count). The van der Waals surface area contributed by atoms with Gasteiger partial charge in [0, 0.05) is 17.1 Å². The van der Waals surface area contributed by atoms with E-state index in [0.29, 0.717) is 4.32 Å². The predicted molar refractivity (Wildman–Crippen MR) is 73.7 cm³/mol. The number of nitrogens with zero attached hydrogens (tertiary/aromatic N) is 1. The Kier molecular flexibility index (Phi) is 3.32. The van der Waals surface area contributed by atoms with Crippen LogP contribution in [-0.2, 0) is 4.79 Å². The molecule has 0 unspecified atom stereocenters. The summed E-state index contributed by atoms with van der Waals surface area (Å²) in [7, 11) is 0. The summed E-state index contributed by atoms with van der Waals surface area (Å²) in [6, 6.07) is 0. The molecule has 6 heteroatoms. The highest BCUT2D eigenvalue weighted by Crippen LogP contribution is 2.45. The molecule has 0 atom stereocenters. The van der Waals surface area contributed by atoms with Crippen molar-refractivity contribution in [2.24, 2.45) is 0 Å². The molecule has 1 N–H and O–H groups in total. The second-order valence-corrected chi connectivity index (χ2v) is 6.36. The molecule has 2 heterocycles. The quantitative estimate of drug-likeness (QED) is 0.586. The lowest BCUT2D eigenvalue weighted by Gasteiger charge is -2.19. The zero-order valence-electron chi connectivity index (χ0n) is 9.29. The van der Waals surface area contributed by atoms with Crippen LogP contribution in [0.4, 0.5) is 0 Å². The number of carbonyl (C=O) groups excluding carboxylic acids is 1. The molecule has 0 aromatic carbocycles. The lowest BCUT2D eigenvalue weighted by molar-refractivity contribution is -0.115. The first-order valence-corrected chi connectivity index (χ1v) is 6.99. The van der Waals surface area contributed by atoms with Crippen molar-refractivity contribution in [2.75, 3.05) is 6.54 Å². The second-order valence-electron chi connectivity index (χ2n) is 3.47. The summed E-state index contributed by atoms with van der Waals surface area (Å²) in [5.74, 6) is -0.0709. The lowest BCUT2D eigenvalue weighted by atomic mass is 10.4. The van der Waals surface area contributed by atoms with Crippen molar-refractivity contribution in [3.8, 4) is 0 Å². The molecular weight excluding hydrogens is 260 g/mol. The Morgan fingerprint density at radius 1 is 1.38 bits per heavy atom. The molecule has 0 aromatic rings. The number of thiocarbonyl (C=S) groups is 1. The van der Waals surface area contributed by atoms with Crippen LogP contribution in [0.15, 0.2) is 20.5 Å². The Morgan fingerprint density at radius 2 is 2.06 bits per heavy atom. The molecule has 0 aliphatic carbocycles. The van der Waals surface area contributed by atoms with Crippen molar-refractivity contribution in [3.63, 3.8) is 0 Å². The van der Waals surface area contributed by atoms with E-state index in [4.69, 9.17) is 12.2 Å². The maximum absolute atomic E-state index is 11.7. The molecule has 3 nitrogen and oxygen atoms in total. The third kappa shape index (κ3) is 1.89. The van der Waals surface area contributed by atoms with Crippen molar-refractivity contribution < 1.29 is 4.79 Å². The van der Waals surface area contributed by atoms with Crippen LogP contribution in [0.1, 0.15) is 20.8 Å². The summed E-state index contributed by atoms with van der Waals surface area (Å²) in [5.41, 5.74) is 1.22. The molecule has 1 fully saturated rings. The highest BCUT2D eigenvalue weighted by molar-refractivity contribution is 8.27. The molecule has 86 valence electrons. The summed E-state index contributed by atoms with van der Waals surface area (Å²) in [6.07, 6.45) is 0. The Bertz CT molecular complexity index is 439. The van der Waals surface area contributed by atoms with Crippen molar-refractivity contribution >= 4 is 46.0 Å². The molecule has 2 aliphatic rings. The second kappa shape index (κ2) is 4.43. The predicted octanol–water partition coefficient (Wildman–Crippen LogP) is 2.62. The first-order chi connectivity index (χ1) is 7.54. The van der Waals surface area contributed by atoms with E-state index in [1.54, 1.807) is 11.8 Å². The van der Waals surface area contributed by atoms with Gasteiger partial charge in [-0.25, -0.2) is 0 Å². The first kappa shape index (κ1) is 12.0. The average Bonchev–Trinajstić information content (AvgIpc) is 2.69. The Morgan fingerprint density at radius 3 is 2.56 bits per heavy atom. The van der Waals surface area contributed by atoms with E-state index in [2.05, 4.69) is 31.0 Å². The van der Waals surface area contributed by atoms with Crippen LogP contribution in [-0.4, -0.2) is 21.7 Å². The molecule has 0 radical (unpaired) electrons. The van der Waals surface area contributed by atoms with Crippen molar-refractivity contribution in [1.29, 1.82) is 0 Å². The van der Waals surface area contributed by atoms with E-state index in [0.717, 1.165) is 16.5 Å². The van der Waals surface area contributed by atoms with Crippen LogP contribution in [0.2, 0.25) is 0 Å². The average molecular weight is 272 g/mol. The number of hydrogen-bond acceptors (Lipinski definition) is 5. The molecule has 16 heavy (non-hydrogen) atoms. The minimum Gasteiger partial charge on any atom is -0.338 e. The van der Waals surface area contributed by atoms with E-state index >= 15 is 0 Å². The molecular formula is C10H12N2OS3. The van der Waals surface area contributed by atoms with Crippen LogP contribution >= 0.6 is 35.7 Å². The Labute approximate surface area is 109 Å². The van der Waals surface area contributed by atoms with E-state index in [1.165, 1.54) is 22.4 Å². The van der Waals surface area contributed by atoms with E-state index < -0.39 is 0 Å². The molecule has 0 bridgehead atoms. The van der Waals surface area contributed by atoms with Crippen LogP contribution < -0.4 is 5.32 Å². The van der Waals surface area contributed by atoms with Gasteiger partial charge in [0.05, 0.1) is 5.03 Å². The maximum atomic E-state index is 11.7. The van der Waals surface area contributed by atoms with Gasteiger partial charge in [-0.3, -0.25) is 4.79 Å². The molecule has 0 spiro atoms. The number of thioether (sulfide) groups is 2. The molecule has 1 saturated heterocycles. The van der Waals surface area contributed by atoms with Gasteiger partial charge in [0.1, 0.15) is 9.23 Å². The fourth-order valence-corrected chi connectivity index (χ4v) is 3.99.